The Morgan fingerprint density at radius 2 is 2.04 bits per heavy atom. The Morgan fingerprint density at radius 3 is 2.76 bits per heavy atom. The molecule has 7 nitrogen and oxygen atoms in total. The molecule has 0 N–H and O–H groups in total. The Morgan fingerprint density at radius 1 is 1.24 bits per heavy atom. The first kappa shape index (κ1) is 15.5. The highest BCUT2D eigenvalue weighted by Gasteiger charge is 2.18. The van der Waals surface area contributed by atoms with Gasteiger partial charge in [-0.1, -0.05) is 18.2 Å². The van der Waals surface area contributed by atoms with Crippen LogP contribution in [-0.4, -0.2) is 25.9 Å². The van der Waals surface area contributed by atoms with Crippen LogP contribution in [0.15, 0.2) is 40.8 Å². The highest BCUT2D eigenvalue weighted by atomic mass is 32.1. The molecule has 0 bridgehead atoms. The first-order valence-corrected chi connectivity index (χ1v) is 8.44. The summed E-state index contributed by atoms with van der Waals surface area (Å²) in [5.41, 5.74) is 1.81. The molecule has 0 radical (unpaired) electrons. The quantitative estimate of drug-likeness (QED) is 0.522. The van der Waals surface area contributed by atoms with Crippen LogP contribution in [-0.2, 0) is 11.3 Å². The third-order valence-corrected chi connectivity index (χ3v) is 4.73. The van der Waals surface area contributed by atoms with Crippen LogP contribution in [0.2, 0.25) is 0 Å². The minimum absolute atomic E-state index is 0.0439. The zero-order valence-electron chi connectivity index (χ0n) is 13.6. The van der Waals surface area contributed by atoms with Gasteiger partial charge in [-0.25, -0.2) is 9.48 Å². The van der Waals surface area contributed by atoms with Crippen molar-refractivity contribution in [3.63, 3.8) is 0 Å². The Kier molecular flexibility index (Phi) is 3.81. The molecule has 3 aromatic heterocycles. The molecule has 126 valence electrons. The highest BCUT2D eigenvalue weighted by molar-refractivity contribution is 7.20. The average molecular weight is 354 g/mol. The minimum atomic E-state index is -0.420. The molecule has 0 unspecified atom stereocenters. The number of ether oxygens (including phenoxy) is 1. The van der Waals surface area contributed by atoms with E-state index in [0.717, 1.165) is 21.6 Å². The average Bonchev–Trinajstić information content (AvgIpc) is 3.30. The summed E-state index contributed by atoms with van der Waals surface area (Å²) in [5, 5.41) is 13.0. The van der Waals surface area contributed by atoms with E-state index in [0.29, 0.717) is 10.8 Å². The van der Waals surface area contributed by atoms with Crippen molar-refractivity contribution in [2.24, 2.45) is 0 Å². The van der Waals surface area contributed by atoms with Gasteiger partial charge >= 0.3 is 5.97 Å². The van der Waals surface area contributed by atoms with Gasteiger partial charge < -0.3 is 9.15 Å². The van der Waals surface area contributed by atoms with Crippen LogP contribution in [0.5, 0.6) is 0 Å². The molecule has 0 saturated heterocycles. The summed E-state index contributed by atoms with van der Waals surface area (Å²) in [4.78, 5) is 13.7. The van der Waals surface area contributed by atoms with E-state index in [2.05, 4.69) is 15.3 Å². The number of hydrogen-bond acceptors (Lipinski definition) is 7. The Hall–Kier alpha value is -3.00. The standard InChI is InChI=1S/C17H14N4O3S/c1-10-13-8-14(17(22)23-9-15-19-18-11(2)24-15)25-16(13)21(20-10)12-6-4-3-5-7-12/h3-8H,9H2,1-2H3. The predicted molar refractivity (Wildman–Crippen MR) is 91.8 cm³/mol. The van der Waals surface area contributed by atoms with Gasteiger partial charge in [0.15, 0.2) is 6.61 Å². The molecule has 0 atom stereocenters. The Labute approximate surface area is 146 Å². The fraction of sp³-hybridized carbons (Fsp3) is 0.176. The second-order valence-corrected chi connectivity index (χ2v) is 6.48. The Bertz CT molecular complexity index is 1050. The number of aromatic nitrogens is 4. The number of esters is 1. The van der Waals surface area contributed by atoms with E-state index >= 15 is 0 Å². The highest BCUT2D eigenvalue weighted by Crippen LogP contribution is 2.30. The number of benzene rings is 1. The summed E-state index contributed by atoms with van der Waals surface area (Å²) in [7, 11) is 0. The Balaban J connectivity index is 1.61. The SMILES string of the molecule is Cc1nnc(COC(=O)c2cc3c(C)nn(-c4ccccc4)c3s2)o1. The zero-order valence-corrected chi connectivity index (χ0v) is 14.4. The molecule has 0 aliphatic heterocycles. The molecule has 0 saturated carbocycles. The smallest absolute Gasteiger partial charge is 0.348 e. The van der Waals surface area contributed by atoms with Gasteiger partial charge in [0.05, 0.1) is 11.4 Å². The molecule has 25 heavy (non-hydrogen) atoms. The third-order valence-electron chi connectivity index (χ3n) is 3.64. The molecule has 0 aliphatic carbocycles. The van der Waals surface area contributed by atoms with Crippen LogP contribution in [0.1, 0.15) is 27.1 Å². The lowest BCUT2D eigenvalue weighted by Gasteiger charge is -2.01. The minimum Gasteiger partial charge on any atom is -0.451 e. The monoisotopic (exact) mass is 354 g/mol. The van der Waals surface area contributed by atoms with Crippen LogP contribution in [0.25, 0.3) is 15.9 Å². The van der Waals surface area contributed by atoms with Gasteiger partial charge in [0.25, 0.3) is 5.89 Å². The summed E-state index contributed by atoms with van der Waals surface area (Å²) in [5.74, 6) is 0.293. The number of para-hydroxylation sites is 1. The molecule has 0 amide bonds. The van der Waals surface area contributed by atoms with Crippen molar-refractivity contribution in [3.05, 3.63) is 58.8 Å². The van der Waals surface area contributed by atoms with E-state index in [1.807, 2.05) is 48.0 Å². The largest absolute Gasteiger partial charge is 0.451 e. The number of fused-ring (bicyclic) bond motifs is 1. The number of nitrogens with zero attached hydrogens (tertiary/aromatic N) is 4. The third kappa shape index (κ3) is 2.91. The first-order chi connectivity index (χ1) is 12.1. The van der Waals surface area contributed by atoms with Crippen molar-refractivity contribution in [1.29, 1.82) is 0 Å². The maximum atomic E-state index is 12.3. The molecule has 0 fully saturated rings. The number of carbonyl (C=O) groups is 1. The first-order valence-electron chi connectivity index (χ1n) is 7.62. The van der Waals surface area contributed by atoms with E-state index in [9.17, 15) is 4.79 Å². The fourth-order valence-electron chi connectivity index (χ4n) is 2.49. The van der Waals surface area contributed by atoms with E-state index in [1.54, 1.807) is 6.92 Å². The van der Waals surface area contributed by atoms with Crippen LogP contribution in [0.4, 0.5) is 0 Å². The van der Waals surface area contributed by atoms with Gasteiger partial charge in [-0.2, -0.15) is 5.10 Å². The molecule has 8 heteroatoms. The maximum Gasteiger partial charge on any atom is 0.348 e. The molecule has 0 spiro atoms. The molecule has 0 aliphatic rings. The number of thiophene rings is 1. The van der Waals surface area contributed by atoms with Crippen molar-refractivity contribution in [3.8, 4) is 5.69 Å². The van der Waals surface area contributed by atoms with Crippen LogP contribution >= 0.6 is 11.3 Å². The van der Waals surface area contributed by atoms with E-state index < -0.39 is 5.97 Å². The van der Waals surface area contributed by atoms with Gasteiger partial charge in [0.1, 0.15) is 9.71 Å². The zero-order chi connectivity index (χ0) is 17.4. The maximum absolute atomic E-state index is 12.3. The van der Waals surface area contributed by atoms with Crippen molar-refractivity contribution < 1.29 is 13.9 Å². The summed E-state index contributed by atoms with van der Waals surface area (Å²) in [6.45, 7) is 3.56. The predicted octanol–water partition coefficient (Wildman–Crippen LogP) is 3.44. The summed E-state index contributed by atoms with van der Waals surface area (Å²) in [6.07, 6.45) is 0. The molecule has 3 heterocycles. The second kappa shape index (κ2) is 6.14. The van der Waals surface area contributed by atoms with Crippen LogP contribution in [0, 0.1) is 13.8 Å². The van der Waals surface area contributed by atoms with Gasteiger partial charge in [0.2, 0.25) is 5.89 Å². The molecule has 1 aromatic carbocycles. The van der Waals surface area contributed by atoms with Crippen LogP contribution in [0.3, 0.4) is 0 Å². The van der Waals surface area contributed by atoms with Gasteiger partial charge in [-0.15, -0.1) is 21.5 Å². The topological polar surface area (TPSA) is 83.0 Å². The normalized spacial score (nSPS) is 11.1. The van der Waals surface area contributed by atoms with Gasteiger partial charge in [-0.05, 0) is 25.1 Å². The van der Waals surface area contributed by atoms with E-state index in [-0.39, 0.29) is 12.5 Å². The van der Waals surface area contributed by atoms with Crippen molar-refractivity contribution in [2.75, 3.05) is 0 Å². The van der Waals surface area contributed by atoms with Crippen molar-refractivity contribution in [1.82, 2.24) is 20.0 Å². The summed E-state index contributed by atoms with van der Waals surface area (Å²) in [6, 6.07) is 11.6. The fourth-order valence-corrected chi connectivity index (χ4v) is 3.56. The second-order valence-electron chi connectivity index (χ2n) is 5.45. The van der Waals surface area contributed by atoms with Crippen molar-refractivity contribution in [2.45, 2.75) is 20.5 Å². The molecular formula is C17H14N4O3S. The number of hydrogen-bond donors (Lipinski definition) is 0. The number of carbonyl (C=O) groups excluding carboxylic acids is 1. The molecular weight excluding hydrogens is 340 g/mol. The number of aryl methyl sites for hydroxylation is 2. The van der Waals surface area contributed by atoms with E-state index in [4.69, 9.17) is 9.15 Å². The van der Waals surface area contributed by atoms with Crippen molar-refractivity contribution >= 4 is 27.5 Å². The lowest BCUT2D eigenvalue weighted by molar-refractivity contribution is 0.0442. The summed E-state index contributed by atoms with van der Waals surface area (Å²) < 4.78 is 12.3. The molecule has 4 aromatic rings. The van der Waals surface area contributed by atoms with E-state index in [1.165, 1.54) is 11.3 Å². The number of rotatable bonds is 4. The lowest BCUT2D eigenvalue weighted by atomic mass is 10.3. The van der Waals surface area contributed by atoms with Gasteiger partial charge in [0, 0.05) is 12.3 Å². The van der Waals surface area contributed by atoms with Gasteiger partial charge in [-0.3, -0.25) is 0 Å². The summed E-state index contributed by atoms with van der Waals surface area (Å²) >= 11 is 1.35. The molecule has 4 rings (SSSR count). The lowest BCUT2D eigenvalue weighted by Crippen LogP contribution is -2.03. The van der Waals surface area contributed by atoms with Crippen LogP contribution < -0.4 is 0 Å².